The predicted octanol–water partition coefficient (Wildman–Crippen LogP) is 1.24. The van der Waals surface area contributed by atoms with Crippen molar-refractivity contribution >= 4 is 16.4 Å². The molecule has 27 heavy (non-hydrogen) atoms. The molecule has 0 spiro atoms. The number of hydrogen-bond acceptors (Lipinski definition) is 7. The standard InChI is InChI=1S/C16H21N5O5S/c1-9-14(10(2)26-19-9)27(24,25)20-7-3-4-11(8-20)15-18-17-13-6-5-12(16(22)23)21(13)15/h11-12H,3-8H2,1-2H3,(H-,22,23,24,25). The van der Waals surface area contributed by atoms with Crippen molar-refractivity contribution < 1.29 is 23.2 Å². The Balaban J connectivity index is 1.64. The van der Waals surface area contributed by atoms with Crippen LogP contribution in [0.25, 0.3) is 0 Å². The largest absolute Gasteiger partial charge is 0.593 e. The van der Waals surface area contributed by atoms with Crippen LogP contribution in [0.4, 0.5) is 0 Å². The lowest BCUT2D eigenvalue weighted by Crippen LogP contribution is -2.43. The summed E-state index contributed by atoms with van der Waals surface area (Å²) in [4.78, 5) is 11.7. The van der Waals surface area contributed by atoms with Crippen LogP contribution in [0, 0.1) is 13.8 Å². The first-order valence-electron chi connectivity index (χ1n) is 8.90. The highest BCUT2D eigenvalue weighted by molar-refractivity contribution is 7.95. The molecule has 4 heterocycles. The summed E-state index contributed by atoms with van der Waals surface area (Å²) in [6.07, 6.45) is 2.45. The van der Waals surface area contributed by atoms with Gasteiger partial charge in [0, 0.05) is 25.8 Å². The van der Waals surface area contributed by atoms with Gasteiger partial charge in [0.25, 0.3) is 0 Å². The molecule has 3 atom stereocenters. The lowest BCUT2D eigenvalue weighted by atomic mass is 9.98. The third-order valence-electron chi connectivity index (χ3n) is 5.35. The summed E-state index contributed by atoms with van der Waals surface area (Å²) < 4.78 is 34.3. The molecule has 1 saturated heterocycles. The van der Waals surface area contributed by atoms with Crippen molar-refractivity contribution in [2.45, 2.75) is 56.4 Å². The Labute approximate surface area is 156 Å². The average Bonchev–Trinajstić information content (AvgIpc) is 3.29. The molecule has 1 N–H and O–H groups in total. The van der Waals surface area contributed by atoms with Gasteiger partial charge < -0.3 is 18.7 Å². The number of carboxylic acids is 1. The van der Waals surface area contributed by atoms with E-state index >= 15 is 0 Å². The molecule has 146 valence electrons. The molecule has 11 heteroatoms. The highest BCUT2D eigenvalue weighted by Crippen LogP contribution is 2.36. The van der Waals surface area contributed by atoms with Crippen molar-refractivity contribution in [3.8, 4) is 0 Å². The first-order valence-corrected chi connectivity index (χ1v) is 10.3. The van der Waals surface area contributed by atoms with Crippen molar-refractivity contribution in [1.29, 1.82) is 0 Å². The Kier molecular flexibility index (Phi) is 4.40. The molecule has 2 aliphatic heterocycles. The highest BCUT2D eigenvalue weighted by atomic mass is 32.3. The Bertz CT molecular complexity index is 918. The van der Waals surface area contributed by atoms with Gasteiger partial charge in [0.05, 0.1) is 6.54 Å². The van der Waals surface area contributed by atoms with Crippen LogP contribution >= 0.6 is 0 Å². The van der Waals surface area contributed by atoms with Crippen LogP contribution in [0.5, 0.6) is 0 Å². The quantitative estimate of drug-likeness (QED) is 0.763. The molecule has 0 aromatic carbocycles. The van der Waals surface area contributed by atoms with E-state index in [9.17, 15) is 18.7 Å². The van der Waals surface area contributed by atoms with E-state index in [2.05, 4.69) is 15.4 Å². The molecular formula is C16H21N5O5S. The van der Waals surface area contributed by atoms with Gasteiger partial charge in [-0.3, -0.25) is 0 Å². The topological polar surface area (TPSA) is 137 Å². The minimum absolute atomic E-state index is 0.109. The third kappa shape index (κ3) is 2.89. The zero-order valence-electron chi connectivity index (χ0n) is 15.1. The number of aryl methyl sites for hydroxylation is 3. The summed E-state index contributed by atoms with van der Waals surface area (Å²) in [6.45, 7) is 3.81. The maximum atomic E-state index is 13.1. The van der Waals surface area contributed by atoms with E-state index in [-0.39, 0.29) is 23.1 Å². The van der Waals surface area contributed by atoms with Gasteiger partial charge in [-0.25, -0.2) is 4.79 Å². The summed E-state index contributed by atoms with van der Waals surface area (Å²) in [5.74, 6) is 0.376. The summed E-state index contributed by atoms with van der Waals surface area (Å²) in [5.41, 5.74) is 0.337. The Morgan fingerprint density at radius 1 is 1.33 bits per heavy atom. The van der Waals surface area contributed by atoms with Crippen LogP contribution in [0.3, 0.4) is 0 Å². The van der Waals surface area contributed by atoms with Crippen LogP contribution in [-0.4, -0.2) is 52.9 Å². The Morgan fingerprint density at radius 3 is 2.78 bits per heavy atom. The second-order valence-corrected chi connectivity index (χ2v) is 8.97. The number of carbonyl (C=O) groups is 1. The van der Waals surface area contributed by atoms with E-state index in [4.69, 9.17) is 4.52 Å². The first kappa shape index (κ1) is 18.3. The second-order valence-electron chi connectivity index (χ2n) is 7.09. The van der Waals surface area contributed by atoms with Gasteiger partial charge in [0.1, 0.15) is 23.4 Å². The molecule has 0 saturated carbocycles. The van der Waals surface area contributed by atoms with Crippen molar-refractivity contribution in [3.05, 3.63) is 23.1 Å². The number of carboxylic acid groups (broad SMARTS) is 1. The number of piperidine rings is 1. The third-order valence-corrected chi connectivity index (χ3v) is 7.46. The summed E-state index contributed by atoms with van der Waals surface area (Å²) in [6, 6.07) is -0.681. The monoisotopic (exact) mass is 395 g/mol. The Hall–Kier alpha value is -2.11. The summed E-state index contributed by atoms with van der Waals surface area (Å²) in [7, 11) is -3.74. The maximum absolute atomic E-state index is 13.1. The van der Waals surface area contributed by atoms with E-state index in [0.717, 1.165) is 6.42 Å². The second kappa shape index (κ2) is 6.50. The van der Waals surface area contributed by atoms with Crippen LogP contribution in [0.2, 0.25) is 0 Å². The van der Waals surface area contributed by atoms with Gasteiger partial charge >= 0.3 is 5.97 Å². The van der Waals surface area contributed by atoms with E-state index in [1.54, 1.807) is 18.4 Å². The number of aliphatic carboxylic acids is 1. The van der Waals surface area contributed by atoms with E-state index in [0.29, 0.717) is 43.1 Å². The lowest BCUT2D eigenvalue weighted by Gasteiger charge is -2.33. The summed E-state index contributed by atoms with van der Waals surface area (Å²) >= 11 is 0. The molecule has 0 aliphatic carbocycles. The fourth-order valence-electron chi connectivity index (χ4n) is 4.10. The van der Waals surface area contributed by atoms with Crippen molar-refractivity contribution in [1.82, 2.24) is 24.2 Å². The van der Waals surface area contributed by atoms with Crippen molar-refractivity contribution in [2.24, 2.45) is 0 Å². The van der Waals surface area contributed by atoms with Gasteiger partial charge in [-0.1, -0.05) is 9.37 Å². The van der Waals surface area contributed by atoms with E-state index in [1.165, 1.54) is 4.31 Å². The SMILES string of the molecule is Cc1noc(C)c1[S+](=O)([O-])N1CCCC(c2nnc3n2C(C(=O)O)CC3)C1. The zero-order valence-corrected chi connectivity index (χ0v) is 15.9. The number of nitrogens with zero attached hydrogens (tertiary/aromatic N) is 5. The molecule has 0 bridgehead atoms. The number of aromatic nitrogens is 4. The maximum Gasteiger partial charge on any atom is 0.326 e. The molecule has 2 aromatic rings. The molecule has 0 amide bonds. The van der Waals surface area contributed by atoms with Crippen LogP contribution in [0.15, 0.2) is 9.42 Å². The van der Waals surface area contributed by atoms with E-state index in [1.807, 2.05) is 0 Å². The number of rotatable bonds is 4. The van der Waals surface area contributed by atoms with Crippen LogP contribution < -0.4 is 0 Å². The molecular weight excluding hydrogens is 374 g/mol. The number of sulfonamides is 1. The molecule has 0 radical (unpaired) electrons. The van der Waals surface area contributed by atoms with Gasteiger partial charge in [0.15, 0.2) is 16.2 Å². The number of hydrogen-bond donors (Lipinski definition) is 1. The minimum atomic E-state index is -3.74. The first-order chi connectivity index (χ1) is 12.8. The average molecular weight is 395 g/mol. The van der Waals surface area contributed by atoms with Crippen molar-refractivity contribution in [2.75, 3.05) is 13.1 Å². The Morgan fingerprint density at radius 2 is 2.11 bits per heavy atom. The smallest absolute Gasteiger partial charge is 0.326 e. The van der Waals surface area contributed by atoms with Gasteiger partial charge in [-0.05, 0) is 26.2 Å². The predicted molar refractivity (Wildman–Crippen MR) is 91.6 cm³/mol. The van der Waals surface area contributed by atoms with Crippen LogP contribution in [-0.2, 0) is 25.8 Å². The molecule has 4 rings (SSSR count). The van der Waals surface area contributed by atoms with Gasteiger partial charge in [-0.15, -0.1) is 14.5 Å². The fraction of sp³-hybridized carbons (Fsp3) is 0.625. The van der Waals surface area contributed by atoms with Gasteiger partial charge in [0.2, 0.25) is 4.90 Å². The molecule has 2 aromatic heterocycles. The zero-order chi connectivity index (χ0) is 19.3. The molecule has 3 unspecified atom stereocenters. The van der Waals surface area contributed by atoms with Crippen LogP contribution in [0.1, 0.15) is 54.3 Å². The lowest BCUT2D eigenvalue weighted by molar-refractivity contribution is -0.140. The normalized spacial score (nSPS) is 25.3. The molecule has 1 fully saturated rings. The van der Waals surface area contributed by atoms with Gasteiger partial charge in [-0.2, -0.15) is 0 Å². The molecule has 10 nitrogen and oxygen atoms in total. The van der Waals surface area contributed by atoms with E-state index < -0.39 is 22.4 Å². The number of fused-ring (bicyclic) bond motifs is 1. The summed E-state index contributed by atoms with van der Waals surface area (Å²) in [5, 5.41) is 21.6. The fourth-order valence-corrected chi connectivity index (χ4v) is 5.91. The highest BCUT2D eigenvalue weighted by Gasteiger charge is 2.42. The molecule has 2 aliphatic rings. The minimum Gasteiger partial charge on any atom is -0.593 e. The van der Waals surface area contributed by atoms with Crippen molar-refractivity contribution in [3.63, 3.8) is 0 Å².